The quantitative estimate of drug-likeness (QED) is 0.870. The SMILES string of the molecule is Cc1ncccc1C(=O)O.Cc1ncccc1C(=O)O. The van der Waals surface area contributed by atoms with Crippen molar-refractivity contribution in [2.24, 2.45) is 0 Å². The summed E-state index contributed by atoms with van der Waals surface area (Å²) in [6.07, 6.45) is 3.14. The van der Waals surface area contributed by atoms with Gasteiger partial charge in [0, 0.05) is 12.4 Å². The number of aryl methyl sites for hydroxylation is 2. The molecule has 20 heavy (non-hydrogen) atoms. The summed E-state index contributed by atoms with van der Waals surface area (Å²) >= 11 is 0. The molecular formula is C14H14N2O4. The van der Waals surface area contributed by atoms with Crippen molar-refractivity contribution in [1.82, 2.24) is 9.97 Å². The number of hydrogen-bond donors (Lipinski definition) is 2. The first-order valence-electron chi connectivity index (χ1n) is 5.73. The maximum Gasteiger partial charge on any atom is 0.337 e. The third kappa shape index (κ3) is 4.16. The summed E-state index contributed by atoms with van der Waals surface area (Å²) in [5.41, 5.74) is 1.63. The van der Waals surface area contributed by atoms with Gasteiger partial charge in [0.15, 0.2) is 0 Å². The number of aromatic carboxylic acids is 2. The molecule has 6 nitrogen and oxygen atoms in total. The smallest absolute Gasteiger partial charge is 0.337 e. The minimum absolute atomic E-state index is 0.266. The van der Waals surface area contributed by atoms with Crippen molar-refractivity contribution < 1.29 is 19.8 Å². The van der Waals surface area contributed by atoms with Gasteiger partial charge in [-0.05, 0) is 38.1 Å². The second-order valence-corrected chi connectivity index (χ2v) is 3.88. The molecule has 2 rings (SSSR count). The molecule has 0 aromatic carbocycles. The highest BCUT2D eigenvalue weighted by atomic mass is 16.4. The van der Waals surface area contributed by atoms with Crippen molar-refractivity contribution in [3.63, 3.8) is 0 Å². The van der Waals surface area contributed by atoms with E-state index in [1.54, 1.807) is 38.4 Å². The molecule has 104 valence electrons. The van der Waals surface area contributed by atoms with Gasteiger partial charge in [0.25, 0.3) is 0 Å². The van der Waals surface area contributed by atoms with E-state index in [-0.39, 0.29) is 11.1 Å². The lowest BCUT2D eigenvalue weighted by molar-refractivity contribution is 0.0684. The van der Waals surface area contributed by atoms with Crippen LogP contribution in [0.5, 0.6) is 0 Å². The Morgan fingerprint density at radius 3 is 1.40 bits per heavy atom. The molecule has 0 aliphatic heterocycles. The van der Waals surface area contributed by atoms with Crippen molar-refractivity contribution in [3.8, 4) is 0 Å². The van der Waals surface area contributed by atoms with Crippen LogP contribution >= 0.6 is 0 Å². The van der Waals surface area contributed by atoms with Crippen LogP contribution in [0.4, 0.5) is 0 Å². The number of pyridine rings is 2. The number of nitrogens with zero attached hydrogens (tertiary/aromatic N) is 2. The molecule has 0 saturated heterocycles. The molecule has 2 N–H and O–H groups in total. The van der Waals surface area contributed by atoms with E-state index in [2.05, 4.69) is 9.97 Å². The maximum absolute atomic E-state index is 10.4. The van der Waals surface area contributed by atoms with Gasteiger partial charge in [0.05, 0.1) is 22.5 Å². The fourth-order valence-corrected chi connectivity index (χ4v) is 1.42. The molecule has 0 aliphatic carbocycles. The number of carboxylic acids is 2. The highest BCUT2D eigenvalue weighted by Crippen LogP contribution is 2.02. The summed E-state index contributed by atoms with van der Waals surface area (Å²) in [5, 5.41) is 17.1. The van der Waals surface area contributed by atoms with Gasteiger partial charge in [-0.25, -0.2) is 9.59 Å². The molecule has 0 saturated carbocycles. The highest BCUT2D eigenvalue weighted by Gasteiger charge is 2.05. The van der Waals surface area contributed by atoms with Crippen LogP contribution in [-0.4, -0.2) is 32.1 Å². The van der Waals surface area contributed by atoms with Crippen LogP contribution in [0.25, 0.3) is 0 Å². The Hall–Kier alpha value is -2.76. The van der Waals surface area contributed by atoms with Gasteiger partial charge in [0.1, 0.15) is 0 Å². The molecule has 2 aromatic heterocycles. The molecule has 0 aliphatic rings. The van der Waals surface area contributed by atoms with Gasteiger partial charge in [-0.3, -0.25) is 9.97 Å². The second-order valence-electron chi connectivity index (χ2n) is 3.88. The lowest BCUT2D eigenvalue weighted by atomic mass is 10.2. The Labute approximate surface area is 115 Å². The Morgan fingerprint density at radius 1 is 0.850 bits per heavy atom. The minimum Gasteiger partial charge on any atom is -0.478 e. The number of carboxylic acid groups (broad SMARTS) is 2. The van der Waals surface area contributed by atoms with Crippen molar-refractivity contribution in [3.05, 3.63) is 59.2 Å². The monoisotopic (exact) mass is 274 g/mol. The van der Waals surface area contributed by atoms with E-state index >= 15 is 0 Å². The van der Waals surface area contributed by atoms with E-state index in [4.69, 9.17) is 10.2 Å². The van der Waals surface area contributed by atoms with Gasteiger partial charge >= 0.3 is 11.9 Å². The standard InChI is InChI=1S/2C7H7NO2/c2*1-5-6(7(9)10)3-2-4-8-5/h2*2-4H,1H3,(H,9,10). The van der Waals surface area contributed by atoms with Crippen LogP contribution in [0.2, 0.25) is 0 Å². The molecule has 0 atom stereocenters. The number of rotatable bonds is 2. The number of hydrogen-bond acceptors (Lipinski definition) is 4. The summed E-state index contributed by atoms with van der Waals surface area (Å²) in [4.78, 5) is 28.4. The van der Waals surface area contributed by atoms with E-state index < -0.39 is 11.9 Å². The van der Waals surface area contributed by atoms with Crippen LogP contribution in [0.3, 0.4) is 0 Å². The fraction of sp³-hybridized carbons (Fsp3) is 0.143. The molecule has 0 radical (unpaired) electrons. The zero-order valence-corrected chi connectivity index (χ0v) is 11.1. The van der Waals surface area contributed by atoms with E-state index in [9.17, 15) is 9.59 Å². The molecule has 0 bridgehead atoms. The van der Waals surface area contributed by atoms with Crippen molar-refractivity contribution >= 4 is 11.9 Å². The van der Waals surface area contributed by atoms with Crippen LogP contribution in [0, 0.1) is 13.8 Å². The number of aromatic nitrogens is 2. The van der Waals surface area contributed by atoms with Crippen molar-refractivity contribution in [2.45, 2.75) is 13.8 Å². The summed E-state index contributed by atoms with van der Waals surface area (Å²) in [7, 11) is 0. The highest BCUT2D eigenvalue weighted by molar-refractivity contribution is 5.89. The summed E-state index contributed by atoms with van der Waals surface area (Å²) in [6.45, 7) is 3.34. The summed E-state index contributed by atoms with van der Waals surface area (Å²) in [5.74, 6) is -1.85. The van der Waals surface area contributed by atoms with Gasteiger partial charge in [-0.15, -0.1) is 0 Å². The van der Waals surface area contributed by atoms with E-state index in [0.717, 1.165) is 0 Å². The Morgan fingerprint density at radius 2 is 1.20 bits per heavy atom. The maximum atomic E-state index is 10.4. The van der Waals surface area contributed by atoms with E-state index in [0.29, 0.717) is 11.4 Å². The first kappa shape index (κ1) is 15.3. The van der Waals surface area contributed by atoms with E-state index in [1.807, 2.05) is 0 Å². The molecule has 0 spiro atoms. The first-order chi connectivity index (χ1) is 9.43. The lowest BCUT2D eigenvalue weighted by Crippen LogP contribution is -2.00. The van der Waals surface area contributed by atoms with Crippen LogP contribution in [-0.2, 0) is 0 Å². The molecule has 0 amide bonds. The van der Waals surface area contributed by atoms with Crippen LogP contribution < -0.4 is 0 Å². The summed E-state index contributed by atoms with van der Waals surface area (Å²) in [6, 6.07) is 6.28. The minimum atomic E-state index is -0.925. The van der Waals surface area contributed by atoms with Crippen LogP contribution in [0.15, 0.2) is 36.7 Å². The third-order valence-corrected chi connectivity index (χ3v) is 2.47. The Balaban J connectivity index is 0.000000200. The van der Waals surface area contributed by atoms with E-state index in [1.165, 1.54) is 12.1 Å². The molecule has 2 aromatic rings. The van der Waals surface area contributed by atoms with Gasteiger partial charge < -0.3 is 10.2 Å². The zero-order chi connectivity index (χ0) is 15.1. The zero-order valence-electron chi connectivity index (χ0n) is 11.1. The summed E-state index contributed by atoms with van der Waals surface area (Å²) < 4.78 is 0. The average molecular weight is 274 g/mol. The molecule has 2 heterocycles. The van der Waals surface area contributed by atoms with Gasteiger partial charge in [-0.2, -0.15) is 0 Å². The Bertz CT molecular complexity index is 571. The van der Waals surface area contributed by atoms with Crippen molar-refractivity contribution in [1.29, 1.82) is 0 Å². The predicted octanol–water partition coefficient (Wildman–Crippen LogP) is 2.18. The first-order valence-corrected chi connectivity index (χ1v) is 5.73. The average Bonchev–Trinajstić information content (AvgIpc) is 2.40. The largest absolute Gasteiger partial charge is 0.478 e. The molecule has 0 unspecified atom stereocenters. The van der Waals surface area contributed by atoms with Crippen LogP contribution in [0.1, 0.15) is 32.1 Å². The predicted molar refractivity (Wildman–Crippen MR) is 71.9 cm³/mol. The molecular weight excluding hydrogens is 260 g/mol. The molecule has 0 fully saturated rings. The van der Waals surface area contributed by atoms with Gasteiger partial charge in [-0.1, -0.05) is 0 Å². The lowest BCUT2D eigenvalue weighted by Gasteiger charge is -1.95. The normalized spacial score (nSPS) is 9.30. The second kappa shape index (κ2) is 6.98. The molecule has 6 heteroatoms. The fourth-order valence-electron chi connectivity index (χ4n) is 1.42. The number of carbonyl (C=O) groups is 2. The van der Waals surface area contributed by atoms with Gasteiger partial charge in [0.2, 0.25) is 0 Å². The van der Waals surface area contributed by atoms with Crippen molar-refractivity contribution in [2.75, 3.05) is 0 Å². The Kier molecular flexibility index (Phi) is 5.34. The third-order valence-electron chi connectivity index (χ3n) is 2.47. The topological polar surface area (TPSA) is 100 Å².